The van der Waals surface area contributed by atoms with E-state index in [1.807, 2.05) is 30.3 Å². The largest absolute Gasteiger partial charge is 0.445 e. The van der Waals surface area contributed by atoms with Gasteiger partial charge in [-0.05, 0) is 18.4 Å². The molecule has 5 heteroatoms. The van der Waals surface area contributed by atoms with E-state index in [9.17, 15) is 9.59 Å². The first-order chi connectivity index (χ1) is 9.22. The Balaban J connectivity index is 1.90. The Kier molecular flexibility index (Phi) is 4.52. The van der Waals surface area contributed by atoms with Gasteiger partial charge in [0.1, 0.15) is 6.61 Å². The fourth-order valence-corrected chi connectivity index (χ4v) is 2.26. The van der Waals surface area contributed by atoms with Gasteiger partial charge in [0, 0.05) is 6.54 Å². The molecule has 2 N–H and O–H groups in total. The molecule has 1 saturated heterocycles. The van der Waals surface area contributed by atoms with Crippen molar-refractivity contribution in [2.45, 2.75) is 25.5 Å². The summed E-state index contributed by atoms with van der Waals surface area (Å²) in [4.78, 5) is 25.1. The lowest BCUT2D eigenvalue weighted by atomic mass is 10.1. The van der Waals surface area contributed by atoms with Crippen LogP contribution in [0.1, 0.15) is 18.4 Å². The lowest BCUT2D eigenvalue weighted by Crippen LogP contribution is -2.43. The molecule has 1 unspecified atom stereocenters. The van der Waals surface area contributed by atoms with Crippen LogP contribution in [-0.2, 0) is 16.1 Å². The van der Waals surface area contributed by atoms with E-state index in [-0.39, 0.29) is 18.9 Å². The van der Waals surface area contributed by atoms with E-state index >= 15 is 0 Å². The van der Waals surface area contributed by atoms with Gasteiger partial charge in [-0.2, -0.15) is 0 Å². The van der Waals surface area contributed by atoms with Crippen molar-refractivity contribution in [3.63, 3.8) is 0 Å². The van der Waals surface area contributed by atoms with Crippen LogP contribution in [0.3, 0.4) is 0 Å². The predicted octanol–water partition coefficient (Wildman–Crippen LogP) is 1.32. The molecular weight excluding hydrogens is 244 g/mol. The van der Waals surface area contributed by atoms with Crippen LogP contribution in [0.5, 0.6) is 0 Å². The number of hydrogen-bond donors (Lipinski definition) is 1. The number of amides is 1. The molecule has 1 fully saturated rings. The molecule has 19 heavy (non-hydrogen) atoms. The maximum atomic E-state index is 12.0. The van der Waals surface area contributed by atoms with Gasteiger partial charge in [-0.3, -0.25) is 9.69 Å². The number of ether oxygens (including phenoxy) is 1. The Hall–Kier alpha value is -1.88. The van der Waals surface area contributed by atoms with Gasteiger partial charge in [-0.25, -0.2) is 4.79 Å². The highest BCUT2D eigenvalue weighted by Gasteiger charge is 2.34. The van der Waals surface area contributed by atoms with Gasteiger partial charge >= 0.3 is 6.09 Å². The lowest BCUT2D eigenvalue weighted by Gasteiger charge is -2.22. The third kappa shape index (κ3) is 3.32. The van der Waals surface area contributed by atoms with E-state index in [4.69, 9.17) is 10.5 Å². The molecule has 1 aliphatic rings. The van der Waals surface area contributed by atoms with Gasteiger partial charge in [-0.1, -0.05) is 30.3 Å². The number of ketones is 1. The average Bonchev–Trinajstić information content (AvgIpc) is 2.94. The van der Waals surface area contributed by atoms with Crippen molar-refractivity contribution in [1.82, 2.24) is 4.90 Å². The van der Waals surface area contributed by atoms with E-state index in [2.05, 4.69) is 0 Å². The number of hydrogen-bond acceptors (Lipinski definition) is 4. The molecule has 0 bridgehead atoms. The summed E-state index contributed by atoms with van der Waals surface area (Å²) < 4.78 is 5.23. The number of carbonyl (C=O) groups excluding carboxylic acids is 2. The third-order valence-electron chi connectivity index (χ3n) is 3.27. The number of rotatable bonds is 4. The zero-order chi connectivity index (χ0) is 13.7. The minimum atomic E-state index is -0.437. The number of carbonyl (C=O) groups is 2. The first-order valence-corrected chi connectivity index (χ1v) is 6.42. The van der Waals surface area contributed by atoms with Crippen molar-refractivity contribution in [3.8, 4) is 0 Å². The van der Waals surface area contributed by atoms with Gasteiger partial charge in [0.05, 0.1) is 12.6 Å². The Labute approximate surface area is 112 Å². The van der Waals surface area contributed by atoms with Crippen LogP contribution < -0.4 is 5.73 Å². The van der Waals surface area contributed by atoms with Crippen LogP contribution >= 0.6 is 0 Å². The molecule has 0 spiro atoms. The van der Waals surface area contributed by atoms with Crippen LogP contribution in [-0.4, -0.2) is 35.9 Å². The molecule has 1 heterocycles. The first kappa shape index (κ1) is 13.5. The Bertz CT molecular complexity index is 447. The molecule has 1 amide bonds. The molecule has 0 saturated carbocycles. The Morgan fingerprint density at radius 2 is 2.05 bits per heavy atom. The summed E-state index contributed by atoms with van der Waals surface area (Å²) in [6.07, 6.45) is 1.06. The van der Waals surface area contributed by atoms with Gasteiger partial charge < -0.3 is 10.5 Å². The summed E-state index contributed by atoms with van der Waals surface area (Å²) >= 11 is 0. The number of nitrogens with zero attached hydrogens (tertiary/aromatic N) is 1. The number of Topliss-reactive ketones (excluding diaryl/α,β-unsaturated/α-hetero) is 1. The van der Waals surface area contributed by atoms with Crippen LogP contribution in [0.15, 0.2) is 30.3 Å². The van der Waals surface area contributed by atoms with E-state index in [1.165, 1.54) is 4.90 Å². The highest BCUT2D eigenvalue weighted by Crippen LogP contribution is 2.19. The summed E-state index contributed by atoms with van der Waals surface area (Å²) in [6, 6.07) is 9.05. The molecule has 0 radical (unpaired) electrons. The van der Waals surface area contributed by atoms with Crippen molar-refractivity contribution in [2.75, 3.05) is 13.1 Å². The number of nitrogens with two attached hydrogens (primary N) is 1. The summed E-state index contributed by atoms with van der Waals surface area (Å²) in [5.41, 5.74) is 6.28. The smallest absolute Gasteiger partial charge is 0.410 e. The van der Waals surface area contributed by atoms with Crippen LogP contribution in [0.2, 0.25) is 0 Å². The second kappa shape index (κ2) is 6.33. The first-order valence-electron chi connectivity index (χ1n) is 6.42. The fraction of sp³-hybridized carbons (Fsp3) is 0.429. The molecule has 0 aromatic heterocycles. The molecule has 1 aromatic carbocycles. The fourth-order valence-electron chi connectivity index (χ4n) is 2.26. The van der Waals surface area contributed by atoms with E-state index in [1.54, 1.807) is 0 Å². The average molecular weight is 262 g/mol. The molecular formula is C14H18N2O3. The summed E-state index contributed by atoms with van der Waals surface area (Å²) in [5, 5.41) is 0. The van der Waals surface area contributed by atoms with Crippen molar-refractivity contribution in [1.29, 1.82) is 0 Å². The molecule has 102 valence electrons. The van der Waals surface area contributed by atoms with Gasteiger partial charge in [0.2, 0.25) is 0 Å². The van der Waals surface area contributed by atoms with Crippen LogP contribution in [0.4, 0.5) is 4.79 Å². The second-order valence-electron chi connectivity index (χ2n) is 4.56. The summed E-state index contributed by atoms with van der Waals surface area (Å²) in [7, 11) is 0. The van der Waals surface area contributed by atoms with Crippen LogP contribution in [0, 0.1) is 0 Å². The van der Waals surface area contributed by atoms with Crippen molar-refractivity contribution < 1.29 is 14.3 Å². The van der Waals surface area contributed by atoms with Gasteiger partial charge in [0.25, 0.3) is 0 Å². The van der Waals surface area contributed by atoms with Crippen molar-refractivity contribution in [3.05, 3.63) is 35.9 Å². The summed E-state index contributed by atoms with van der Waals surface area (Å²) in [6.45, 7) is 0.747. The number of likely N-dealkylation sites (tertiary alicyclic amines) is 1. The molecule has 1 atom stereocenters. The molecule has 1 aromatic rings. The second-order valence-corrected chi connectivity index (χ2v) is 4.56. The monoisotopic (exact) mass is 262 g/mol. The zero-order valence-electron chi connectivity index (χ0n) is 10.7. The normalized spacial score (nSPS) is 18.4. The summed E-state index contributed by atoms with van der Waals surface area (Å²) in [5.74, 6) is -0.103. The lowest BCUT2D eigenvalue weighted by molar-refractivity contribution is -0.121. The van der Waals surface area contributed by atoms with E-state index in [0.29, 0.717) is 13.0 Å². The highest BCUT2D eigenvalue weighted by molar-refractivity contribution is 5.89. The van der Waals surface area contributed by atoms with Crippen LogP contribution in [0.25, 0.3) is 0 Å². The minimum Gasteiger partial charge on any atom is -0.445 e. The quantitative estimate of drug-likeness (QED) is 0.888. The Morgan fingerprint density at radius 1 is 1.32 bits per heavy atom. The molecule has 2 rings (SSSR count). The topological polar surface area (TPSA) is 72.6 Å². The Morgan fingerprint density at radius 3 is 2.74 bits per heavy atom. The molecule has 0 aliphatic carbocycles. The van der Waals surface area contributed by atoms with Crippen molar-refractivity contribution in [2.24, 2.45) is 5.73 Å². The maximum Gasteiger partial charge on any atom is 0.410 e. The standard InChI is InChI=1S/C14H18N2O3/c15-9-13(17)12-7-4-8-16(12)14(18)19-10-11-5-2-1-3-6-11/h1-3,5-6,12H,4,7-10,15H2. The number of benzene rings is 1. The predicted molar refractivity (Wildman–Crippen MR) is 70.4 cm³/mol. The zero-order valence-corrected chi connectivity index (χ0v) is 10.7. The third-order valence-corrected chi connectivity index (χ3v) is 3.27. The highest BCUT2D eigenvalue weighted by atomic mass is 16.6. The maximum absolute atomic E-state index is 12.0. The van der Waals surface area contributed by atoms with E-state index < -0.39 is 12.1 Å². The molecule has 1 aliphatic heterocycles. The van der Waals surface area contributed by atoms with Gasteiger partial charge in [-0.15, -0.1) is 0 Å². The van der Waals surface area contributed by atoms with E-state index in [0.717, 1.165) is 12.0 Å². The molecule has 5 nitrogen and oxygen atoms in total. The van der Waals surface area contributed by atoms with Crippen molar-refractivity contribution >= 4 is 11.9 Å². The van der Waals surface area contributed by atoms with Gasteiger partial charge in [0.15, 0.2) is 5.78 Å². The minimum absolute atomic E-state index is 0.0346. The SMILES string of the molecule is NCC(=O)C1CCCN1C(=O)OCc1ccccc1.